The molecule has 1 atom stereocenters. The van der Waals surface area contributed by atoms with E-state index in [1.807, 2.05) is 0 Å². The van der Waals surface area contributed by atoms with E-state index in [0.29, 0.717) is 0 Å². The Labute approximate surface area is 106 Å². The molecule has 96 valence electrons. The van der Waals surface area contributed by atoms with Crippen LogP contribution in [0, 0.1) is 16.2 Å². The van der Waals surface area contributed by atoms with E-state index in [1.54, 1.807) is 0 Å². The van der Waals surface area contributed by atoms with Gasteiger partial charge in [0.05, 0.1) is 5.41 Å². The molecular formula is C16H26O. The molecule has 17 heavy (non-hydrogen) atoms. The first-order valence-corrected chi connectivity index (χ1v) is 6.36. The second kappa shape index (κ2) is 3.83. The minimum atomic E-state index is -0.394. The topological polar surface area (TPSA) is 17.1 Å². The lowest BCUT2D eigenvalue weighted by molar-refractivity contribution is -0.127. The zero-order chi connectivity index (χ0) is 13.6. The van der Waals surface area contributed by atoms with Crippen LogP contribution in [0.15, 0.2) is 23.3 Å². The summed E-state index contributed by atoms with van der Waals surface area (Å²) in [5.41, 5.74) is 1.62. The van der Waals surface area contributed by atoms with Crippen LogP contribution in [-0.2, 0) is 4.79 Å². The Bertz CT molecular complexity index is 396. The number of hydrogen-bond donors (Lipinski definition) is 0. The van der Waals surface area contributed by atoms with Gasteiger partial charge in [0.1, 0.15) is 0 Å². The maximum atomic E-state index is 12.8. The van der Waals surface area contributed by atoms with Crippen molar-refractivity contribution in [3.05, 3.63) is 23.3 Å². The molecular weight excluding hydrogens is 208 g/mol. The Morgan fingerprint density at radius 1 is 1.06 bits per heavy atom. The van der Waals surface area contributed by atoms with Gasteiger partial charge in [0.25, 0.3) is 0 Å². The number of Topliss-reactive ketones (excluding diaryl/α,β-unsaturated/α-hetero) is 1. The van der Waals surface area contributed by atoms with E-state index >= 15 is 0 Å². The van der Waals surface area contributed by atoms with Gasteiger partial charge in [0.15, 0.2) is 5.78 Å². The van der Waals surface area contributed by atoms with Crippen molar-refractivity contribution in [1.29, 1.82) is 0 Å². The second-order valence-corrected chi connectivity index (χ2v) is 7.48. The standard InChI is InChI=1S/C16H26O/c1-11-9-12(14(2,3)4)13(17)16(8,10-11)15(5,6)7/h9-10H,1-8H3/t16-/m1/s1. The van der Waals surface area contributed by atoms with Crippen LogP contribution in [0.5, 0.6) is 0 Å². The van der Waals surface area contributed by atoms with Gasteiger partial charge in [-0.1, -0.05) is 59.3 Å². The first-order chi connectivity index (χ1) is 7.39. The first kappa shape index (κ1) is 14.2. The van der Waals surface area contributed by atoms with E-state index in [2.05, 4.69) is 67.5 Å². The molecule has 0 amide bonds. The molecule has 0 aromatic heterocycles. The third kappa shape index (κ3) is 2.38. The van der Waals surface area contributed by atoms with Crippen molar-refractivity contribution in [2.75, 3.05) is 0 Å². The number of carbonyl (C=O) groups excluding carboxylic acids is 1. The largest absolute Gasteiger partial charge is 0.294 e. The molecule has 0 spiro atoms. The van der Waals surface area contributed by atoms with Crippen LogP contribution in [0.25, 0.3) is 0 Å². The molecule has 0 saturated carbocycles. The maximum Gasteiger partial charge on any atom is 0.169 e. The first-order valence-electron chi connectivity index (χ1n) is 6.36. The molecule has 0 N–H and O–H groups in total. The molecule has 1 aliphatic carbocycles. The Balaban J connectivity index is 3.38. The molecule has 0 radical (unpaired) electrons. The van der Waals surface area contributed by atoms with Crippen molar-refractivity contribution >= 4 is 5.78 Å². The van der Waals surface area contributed by atoms with Crippen LogP contribution in [0.3, 0.4) is 0 Å². The van der Waals surface area contributed by atoms with Gasteiger partial charge in [-0.3, -0.25) is 4.79 Å². The van der Waals surface area contributed by atoms with Crippen LogP contribution < -0.4 is 0 Å². The monoisotopic (exact) mass is 234 g/mol. The summed E-state index contributed by atoms with van der Waals surface area (Å²) in [4.78, 5) is 12.8. The second-order valence-electron chi connectivity index (χ2n) is 7.48. The SMILES string of the molecule is CC1=C[C@@](C)(C(C)(C)C)C(=O)C(C(C)(C)C)=C1. The highest BCUT2D eigenvalue weighted by Gasteiger charge is 2.46. The number of rotatable bonds is 0. The third-order valence-electron chi connectivity index (χ3n) is 3.97. The summed E-state index contributed by atoms with van der Waals surface area (Å²) in [6, 6.07) is 0. The molecule has 0 aromatic carbocycles. The van der Waals surface area contributed by atoms with Crippen molar-refractivity contribution in [1.82, 2.24) is 0 Å². The van der Waals surface area contributed by atoms with Gasteiger partial charge < -0.3 is 0 Å². The molecule has 1 rings (SSSR count). The lowest BCUT2D eigenvalue weighted by Crippen LogP contribution is -2.43. The minimum Gasteiger partial charge on any atom is -0.294 e. The van der Waals surface area contributed by atoms with E-state index < -0.39 is 5.41 Å². The Kier molecular flexibility index (Phi) is 3.20. The summed E-state index contributed by atoms with van der Waals surface area (Å²) in [5.74, 6) is 0.281. The maximum absolute atomic E-state index is 12.8. The molecule has 0 bridgehead atoms. The van der Waals surface area contributed by atoms with Gasteiger partial charge >= 0.3 is 0 Å². The zero-order valence-electron chi connectivity index (χ0n) is 12.6. The molecule has 0 aromatic rings. The normalized spacial score (nSPS) is 26.7. The lowest BCUT2D eigenvalue weighted by atomic mass is 9.59. The predicted molar refractivity (Wildman–Crippen MR) is 73.9 cm³/mol. The zero-order valence-corrected chi connectivity index (χ0v) is 12.6. The van der Waals surface area contributed by atoms with Crippen LogP contribution in [0.1, 0.15) is 55.4 Å². The molecule has 0 saturated heterocycles. The smallest absolute Gasteiger partial charge is 0.169 e. The van der Waals surface area contributed by atoms with E-state index in [9.17, 15) is 4.79 Å². The Morgan fingerprint density at radius 3 is 1.88 bits per heavy atom. The van der Waals surface area contributed by atoms with Crippen LogP contribution in [-0.4, -0.2) is 5.78 Å². The average Bonchev–Trinajstić information content (AvgIpc) is 2.07. The van der Waals surface area contributed by atoms with Crippen molar-refractivity contribution in [2.24, 2.45) is 16.2 Å². The van der Waals surface area contributed by atoms with Crippen LogP contribution in [0.4, 0.5) is 0 Å². The van der Waals surface area contributed by atoms with Gasteiger partial charge in [-0.15, -0.1) is 0 Å². The highest BCUT2D eigenvalue weighted by Crippen LogP contribution is 2.48. The molecule has 1 heteroatoms. The van der Waals surface area contributed by atoms with E-state index in [0.717, 1.165) is 5.57 Å². The number of carbonyl (C=O) groups is 1. The van der Waals surface area contributed by atoms with Gasteiger partial charge in [0.2, 0.25) is 0 Å². The fourth-order valence-corrected chi connectivity index (χ4v) is 2.25. The predicted octanol–water partition coefficient (Wildman–Crippen LogP) is 4.54. The summed E-state index contributed by atoms with van der Waals surface area (Å²) < 4.78 is 0. The van der Waals surface area contributed by atoms with Gasteiger partial charge in [-0.05, 0) is 24.7 Å². The third-order valence-corrected chi connectivity index (χ3v) is 3.97. The summed E-state index contributed by atoms with van der Waals surface area (Å²) in [5, 5.41) is 0. The number of hydrogen-bond acceptors (Lipinski definition) is 1. The van der Waals surface area contributed by atoms with Crippen molar-refractivity contribution < 1.29 is 4.79 Å². The van der Waals surface area contributed by atoms with Crippen LogP contribution >= 0.6 is 0 Å². The van der Waals surface area contributed by atoms with Crippen LogP contribution in [0.2, 0.25) is 0 Å². The van der Waals surface area contributed by atoms with Gasteiger partial charge in [-0.2, -0.15) is 0 Å². The fourth-order valence-electron chi connectivity index (χ4n) is 2.25. The highest BCUT2D eigenvalue weighted by molar-refractivity contribution is 6.04. The number of ketones is 1. The van der Waals surface area contributed by atoms with Gasteiger partial charge in [0, 0.05) is 5.57 Å². The Morgan fingerprint density at radius 2 is 1.53 bits per heavy atom. The molecule has 0 aliphatic heterocycles. The van der Waals surface area contributed by atoms with Crippen molar-refractivity contribution in [3.8, 4) is 0 Å². The van der Waals surface area contributed by atoms with Gasteiger partial charge in [-0.25, -0.2) is 0 Å². The Hall–Kier alpha value is -0.850. The summed E-state index contributed by atoms with van der Waals surface area (Å²) in [7, 11) is 0. The van der Waals surface area contributed by atoms with E-state index in [4.69, 9.17) is 0 Å². The van der Waals surface area contributed by atoms with E-state index in [1.165, 1.54) is 5.57 Å². The highest BCUT2D eigenvalue weighted by atomic mass is 16.1. The molecule has 0 unspecified atom stereocenters. The molecule has 0 heterocycles. The minimum absolute atomic E-state index is 0.0594. The van der Waals surface area contributed by atoms with Crippen molar-refractivity contribution in [2.45, 2.75) is 55.4 Å². The quantitative estimate of drug-likeness (QED) is 0.601. The summed E-state index contributed by atoms with van der Waals surface area (Å²) >= 11 is 0. The number of allylic oxidation sites excluding steroid dienone is 4. The van der Waals surface area contributed by atoms with E-state index in [-0.39, 0.29) is 16.6 Å². The fraction of sp³-hybridized carbons (Fsp3) is 0.688. The molecule has 1 aliphatic rings. The lowest BCUT2D eigenvalue weighted by Gasteiger charge is -2.43. The summed E-state index contributed by atoms with van der Waals surface area (Å²) in [6.45, 7) is 16.9. The molecule has 1 nitrogen and oxygen atoms in total. The molecule has 0 fully saturated rings. The summed E-state index contributed by atoms with van der Waals surface area (Å²) in [6.07, 6.45) is 4.18. The van der Waals surface area contributed by atoms with Crippen molar-refractivity contribution in [3.63, 3.8) is 0 Å². The average molecular weight is 234 g/mol.